The minimum atomic E-state index is -0.448. The quantitative estimate of drug-likeness (QED) is 0.494. The lowest BCUT2D eigenvalue weighted by Crippen LogP contribution is -2.33. The number of hydrogen-bond donors (Lipinski definition) is 2. The van der Waals surface area contributed by atoms with Gasteiger partial charge in [-0.2, -0.15) is 0 Å². The fourth-order valence-electron chi connectivity index (χ4n) is 4.65. The number of hydrogen-bond acceptors (Lipinski definition) is 8. The summed E-state index contributed by atoms with van der Waals surface area (Å²) in [6.07, 6.45) is 8.42. The second kappa shape index (κ2) is 8.07. The molecule has 0 saturated carbocycles. The van der Waals surface area contributed by atoms with Gasteiger partial charge in [-0.3, -0.25) is 5.32 Å². The van der Waals surface area contributed by atoms with Crippen LogP contribution in [0.25, 0.3) is 28.1 Å². The summed E-state index contributed by atoms with van der Waals surface area (Å²) < 4.78 is 13.8. The van der Waals surface area contributed by atoms with Crippen LogP contribution in [0.1, 0.15) is 32.1 Å². The van der Waals surface area contributed by atoms with Crippen molar-refractivity contribution in [3.63, 3.8) is 0 Å². The van der Waals surface area contributed by atoms with Gasteiger partial charge in [0.05, 0.1) is 11.6 Å². The van der Waals surface area contributed by atoms with Gasteiger partial charge in [-0.25, -0.2) is 14.5 Å². The maximum absolute atomic E-state index is 9.62. The van der Waals surface area contributed by atoms with E-state index in [9.17, 15) is 5.11 Å². The number of ether oxygens (including phenoxy) is 1. The van der Waals surface area contributed by atoms with Gasteiger partial charge < -0.3 is 19.2 Å². The molecular weight excluding hydrogens is 408 g/mol. The van der Waals surface area contributed by atoms with Crippen LogP contribution in [0.5, 0.6) is 5.88 Å². The summed E-state index contributed by atoms with van der Waals surface area (Å²) in [6, 6.07) is 7.76. The number of imidazole rings is 1. The maximum Gasteiger partial charge on any atom is 0.231 e. The Balaban J connectivity index is 1.31. The first-order valence-corrected chi connectivity index (χ1v) is 11.3. The highest BCUT2D eigenvalue weighted by molar-refractivity contribution is 5.92. The highest BCUT2D eigenvalue weighted by Gasteiger charge is 2.23. The van der Waals surface area contributed by atoms with Crippen molar-refractivity contribution in [3.8, 4) is 17.3 Å². The third-order valence-corrected chi connectivity index (χ3v) is 6.32. The lowest BCUT2D eigenvalue weighted by Gasteiger charge is -2.27. The molecule has 6 rings (SSSR count). The highest BCUT2D eigenvalue weighted by Crippen LogP contribution is 2.34. The molecule has 32 heavy (non-hydrogen) atoms. The third-order valence-electron chi connectivity index (χ3n) is 6.32. The van der Waals surface area contributed by atoms with Crippen molar-refractivity contribution in [3.05, 3.63) is 36.7 Å². The molecule has 0 spiro atoms. The van der Waals surface area contributed by atoms with Crippen LogP contribution in [0.4, 0.5) is 5.82 Å². The van der Waals surface area contributed by atoms with Crippen molar-refractivity contribution < 1.29 is 14.3 Å². The van der Waals surface area contributed by atoms with Crippen LogP contribution in [-0.2, 0) is 0 Å². The number of nitrogens with zero attached hydrogens (tertiary/aromatic N) is 5. The van der Waals surface area contributed by atoms with E-state index in [4.69, 9.17) is 9.15 Å². The monoisotopic (exact) mass is 434 g/mol. The molecule has 2 saturated heterocycles. The molecule has 9 heteroatoms. The maximum atomic E-state index is 9.62. The van der Waals surface area contributed by atoms with Crippen LogP contribution >= 0.6 is 0 Å². The summed E-state index contributed by atoms with van der Waals surface area (Å²) >= 11 is 0. The fraction of sp³-hybridized carbons (Fsp3) is 0.435. The van der Waals surface area contributed by atoms with E-state index in [1.165, 1.54) is 19.3 Å². The van der Waals surface area contributed by atoms with Gasteiger partial charge >= 0.3 is 0 Å². The molecule has 2 fully saturated rings. The Hall–Kier alpha value is -3.17. The number of fused-ring (bicyclic) bond motifs is 2. The van der Waals surface area contributed by atoms with E-state index in [-0.39, 0.29) is 6.04 Å². The first kappa shape index (κ1) is 19.5. The Morgan fingerprint density at radius 1 is 1.12 bits per heavy atom. The predicted octanol–water partition coefficient (Wildman–Crippen LogP) is 2.98. The fourth-order valence-corrected chi connectivity index (χ4v) is 4.65. The standard InChI is InChI=1S/C23H26N6O3/c30-21-6-4-15(26-21)14-31-22-7-5-20-25-13-17(29(20)27-22)19-12-16-18(32-19)8-9-24-23(16)28-10-2-1-3-11-28/h5,7-9,12-13,15,21,26,30H,1-4,6,10-11,14H2/t15-,21?/m1/s1. The second-order valence-corrected chi connectivity index (χ2v) is 8.56. The van der Waals surface area contributed by atoms with Gasteiger partial charge in [0, 0.05) is 31.4 Å². The molecule has 4 aromatic rings. The van der Waals surface area contributed by atoms with Crippen molar-refractivity contribution in [2.24, 2.45) is 0 Å². The lowest BCUT2D eigenvalue weighted by molar-refractivity contribution is 0.146. The average Bonchev–Trinajstić information content (AvgIpc) is 3.55. The summed E-state index contributed by atoms with van der Waals surface area (Å²) in [7, 11) is 0. The van der Waals surface area contributed by atoms with E-state index in [2.05, 4.69) is 25.3 Å². The second-order valence-electron chi connectivity index (χ2n) is 8.56. The van der Waals surface area contributed by atoms with Gasteiger partial charge in [0.2, 0.25) is 5.88 Å². The Kier molecular flexibility index (Phi) is 4.92. The Bertz CT molecular complexity index is 1250. The van der Waals surface area contributed by atoms with Crippen molar-refractivity contribution in [1.82, 2.24) is 24.9 Å². The lowest BCUT2D eigenvalue weighted by atomic mass is 10.1. The molecule has 9 nitrogen and oxygen atoms in total. The van der Waals surface area contributed by atoms with E-state index in [1.54, 1.807) is 10.7 Å². The van der Waals surface area contributed by atoms with Gasteiger partial charge in [0.1, 0.15) is 29.9 Å². The number of aliphatic hydroxyl groups is 1. The molecule has 0 amide bonds. The van der Waals surface area contributed by atoms with Crippen LogP contribution in [-0.4, -0.2) is 56.7 Å². The summed E-state index contributed by atoms with van der Waals surface area (Å²) in [5, 5.41) is 18.4. The number of aliphatic hydroxyl groups excluding tert-OH is 1. The molecule has 0 aromatic carbocycles. The van der Waals surface area contributed by atoms with Crippen molar-refractivity contribution in [2.75, 3.05) is 24.6 Å². The number of nitrogens with one attached hydrogen (secondary N) is 1. The summed E-state index contributed by atoms with van der Waals surface area (Å²) in [6.45, 7) is 2.50. The molecule has 0 radical (unpaired) electrons. The molecule has 0 aliphatic carbocycles. The molecule has 2 N–H and O–H groups in total. The Labute approximate surface area is 185 Å². The van der Waals surface area contributed by atoms with Crippen LogP contribution < -0.4 is 15.0 Å². The van der Waals surface area contributed by atoms with Crippen LogP contribution in [0.2, 0.25) is 0 Å². The first-order chi connectivity index (χ1) is 15.7. The Morgan fingerprint density at radius 2 is 2.03 bits per heavy atom. The van der Waals surface area contributed by atoms with Crippen molar-refractivity contribution in [1.29, 1.82) is 0 Å². The van der Waals surface area contributed by atoms with E-state index >= 15 is 0 Å². The molecule has 1 unspecified atom stereocenters. The zero-order valence-electron chi connectivity index (χ0n) is 17.8. The van der Waals surface area contributed by atoms with Gasteiger partial charge in [0.25, 0.3) is 0 Å². The summed E-state index contributed by atoms with van der Waals surface area (Å²) in [5.74, 6) is 2.19. The molecule has 0 bridgehead atoms. The molecule has 166 valence electrons. The van der Waals surface area contributed by atoms with Gasteiger partial charge in [-0.1, -0.05) is 0 Å². The van der Waals surface area contributed by atoms with E-state index in [0.29, 0.717) is 18.2 Å². The molecule has 2 aliphatic rings. The SMILES string of the molecule is OC1CC[C@H](COc2ccc3ncc(-c4cc5c(N6CCCCC6)nccc5o4)n3n2)N1. The number of anilines is 1. The molecule has 2 aliphatic heterocycles. The van der Waals surface area contributed by atoms with Crippen LogP contribution in [0.3, 0.4) is 0 Å². The number of rotatable bonds is 5. The van der Waals surface area contributed by atoms with Crippen molar-refractivity contribution >= 4 is 22.4 Å². The molecular formula is C23H26N6O3. The predicted molar refractivity (Wildman–Crippen MR) is 120 cm³/mol. The number of furan rings is 1. The third kappa shape index (κ3) is 3.57. The largest absolute Gasteiger partial charge is 0.475 e. The zero-order chi connectivity index (χ0) is 21.5. The number of pyridine rings is 1. The number of piperidine rings is 1. The summed E-state index contributed by atoms with van der Waals surface area (Å²) in [5.41, 5.74) is 2.29. The van der Waals surface area contributed by atoms with Gasteiger partial charge in [0.15, 0.2) is 11.4 Å². The van der Waals surface area contributed by atoms with Gasteiger partial charge in [-0.05, 0) is 50.3 Å². The van der Waals surface area contributed by atoms with E-state index in [0.717, 1.165) is 54.1 Å². The molecule has 6 heterocycles. The first-order valence-electron chi connectivity index (χ1n) is 11.3. The Morgan fingerprint density at radius 3 is 2.88 bits per heavy atom. The number of aromatic nitrogens is 4. The van der Waals surface area contributed by atoms with Crippen LogP contribution in [0, 0.1) is 0 Å². The zero-order valence-corrected chi connectivity index (χ0v) is 17.8. The molecule has 4 aromatic heterocycles. The minimum Gasteiger partial charge on any atom is -0.475 e. The van der Waals surface area contributed by atoms with Crippen molar-refractivity contribution in [2.45, 2.75) is 44.4 Å². The summed E-state index contributed by atoms with van der Waals surface area (Å²) in [4.78, 5) is 11.5. The minimum absolute atomic E-state index is 0.126. The van der Waals surface area contributed by atoms with Crippen LogP contribution in [0.15, 0.2) is 41.1 Å². The topological polar surface area (TPSA) is 101 Å². The highest BCUT2D eigenvalue weighted by atomic mass is 16.5. The molecule has 2 atom stereocenters. The average molecular weight is 435 g/mol. The smallest absolute Gasteiger partial charge is 0.231 e. The normalized spacial score (nSPS) is 21.6. The van der Waals surface area contributed by atoms with E-state index in [1.807, 2.05) is 30.5 Å². The van der Waals surface area contributed by atoms with E-state index < -0.39 is 6.23 Å². The van der Waals surface area contributed by atoms with Gasteiger partial charge in [-0.15, -0.1) is 5.10 Å².